The highest BCUT2D eigenvalue weighted by molar-refractivity contribution is 7.03. The zero-order valence-corrected chi connectivity index (χ0v) is 13.2. The molecule has 0 fully saturated rings. The van der Waals surface area contributed by atoms with E-state index in [0.717, 1.165) is 17.1 Å². The van der Waals surface area contributed by atoms with E-state index >= 15 is 0 Å². The molecule has 2 heterocycles. The van der Waals surface area contributed by atoms with Crippen LogP contribution in [0.1, 0.15) is 0 Å². The summed E-state index contributed by atoms with van der Waals surface area (Å²) >= 11 is 0. The number of aromatic nitrogens is 2. The second-order valence-corrected chi connectivity index (χ2v) is 10.3. The molecule has 21 heavy (non-hydrogen) atoms. The van der Waals surface area contributed by atoms with Crippen LogP contribution >= 0.6 is 0 Å². The van der Waals surface area contributed by atoms with Crippen molar-refractivity contribution in [2.24, 2.45) is 0 Å². The largest absolute Gasteiger partial charge is 0.237 e. The number of benzene rings is 2. The minimum atomic E-state index is -1.63. The maximum Gasteiger partial charge on any atom is 0.159 e. The fourth-order valence-corrected chi connectivity index (χ4v) is 6.00. The van der Waals surface area contributed by atoms with Crippen LogP contribution in [0.2, 0.25) is 13.1 Å². The molecule has 102 valence electrons. The third-order valence-electron chi connectivity index (χ3n) is 4.35. The first-order valence-electron chi connectivity index (χ1n) is 7.21. The molecule has 0 radical (unpaired) electrons. The molecular formula is C18H16N2Si. The van der Waals surface area contributed by atoms with Gasteiger partial charge in [0.2, 0.25) is 0 Å². The Kier molecular flexibility index (Phi) is 2.59. The molecule has 2 aromatic carbocycles. The molecule has 0 unspecified atom stereocenters. The van der Waals surface area contributed by atoms with Crippen molar-refractivity contribution in [1.82, 2.24) is 9.97 Å². The van der Waals surface area contributed by atoms with E-state index in [4.69, 9.17) is 4.98 Å². The van der Waals surface area contributed by atoms with Gasteiger partial charge in [0, 0.05) is 11.8 Å². The number of hydrogen-bond donors (Lipinski definition) is 0. The number of fused-ring (bicyclic) bond motifs is 3. The summed E-state index contributed by atoms with van der Waals surface area (Å²) in [6, 6.07) is 18.9. The van der Waals surface area contributed by atoms with Gasteiger partial charge in [0.1, 0.15) is 8.07 Å². The summed E-state index contributed by atoms with van der Waals surface area (Å²) < 4.78 is 0. The van der Waals surface area contributed by atoms with Crippen LogP contribution < -0.4 is 10.4 Å². The topological polar surface area (TPSA) is 25.8 Å². The Balaban J connectivity index is 1.96. The minimum Gasteiger partial charge on any atom is -0.237 e. The number of rotatable bonds is 1. The third-order valence-corrected chi connectivity index (χ3v) is 7.84. The molecule has 0 amide bonds. The molecule has 0 saturated carbocycles. The summed E-state index contributed by atoms with van der Waals surface area (Å²) in [5.74, 6) is 0.816. The SMILES string of the molecule is C[Si]1(C)c2ccccc2-c2nc(-c3ccccc3)ncc21. The van der Waals surface area contributed by atoms with Crippen LogP contribution in [-0.2, 0) is 0 Å². The Hall–Kier alpha value is -2.26. The van der Waals surface area contributed by atoms with Crippen LogP contribution in [-0.4, -0.2) is 18.0 Å². The average Bonchev–Trinajstić information content (AvgIpc) is 2.77. The maximum absolute atomic E-state index is 4.88. The van der Waals surface area contributed by atoms with Crippen molar-refractivity contribution >= 4 is 18.4 Å². The van der Waals surface area contributed by atoms with Gasteiger partial charge in [0.15, 0.2) is 5.82 Å². The molecule has 0 bridgehead atoms. The first-order valence-corrected chi connectivity index (χ1v) is 10.2. The molecule has 0 aliphatic carbocycles. The van der Waals surface area contributed by atoms with Crippen molar-refractivity contribution in [1.29, 1.82) is 0 Å². The molecule has 0 atom stereocenters. The maximum atomic E-state index is 4.88. The van der Waals surface area contributed by atoms with E-state index in [9.17, 15) is 0 Å². The Morgan fingerprint density at radius 3 is 2.33 bits per heavy atom. The van der Waals surface area contributed by atoms with Gasteiger partial charge in [0.05, 0.1) is 5.69 Å². The molecule has 3 heteroatoms. The highest BCUT2D eigenvalue weighted by Gasteiger charge is 2.38. The molecule has 2 nitrogen and oxygen atoms in total. The highest BCUT2D eigenvalue weighted by atomic mass is 28.3. The molecule has 1 aliphatic heterocycles. The summed E-state index contributed by atoms with van der Waals surface area (Å²) in [6.07, 6.45) is 2.05. The van der Waals surface area contributed by atoms with E-state index in [1.165, 1.54) is 15.9 Å². The lowest BCUT2D eigenvalue weighted by Crippen LogP contribution is -2.49. The van der Waals surface area contributed by atoms with Crippen LogP contribution in [0.25, 0.3) is 22.6 Å². The van der Waals surface area contributed by atoms with Gasteiger partial charge in [-0.25, -0.2) is 9.97 Å². The summed E-state index contributed by atoms with van der Waals surface area (Å²) in [7, 11) is -1.63. The monoisotopic (exact) mass is 288 g/mol. The van der Waals surface area contributed by atoms with E-state index in [1.54, 1.807) is 0 Å². The van der Waals surface area contributed by atoms with Gasteiger partial charge in [-0.2, -0.15) is 0 Å². The van der Waals surface area contributed by atoms with E-state index in [-0.39, 0.29) is 0 Å². The number of hydrogen-bond acceptors (Lipinski definition) is 2. The van der Waals surface area contributed by atoms with Gasteiger partial charge in [-0.3, -0.25) is 0 Å². The summed E-state index contributed by atoms with van der Waals surface area (Å²) in [5, 5.41) is 2.82. The second kappa shape index (κ2) is 4.37. The fraction of sp³-hybridized carbons (Fsp3) is 0.111. The van der Waals surface area contributed by atoms with Crippen LogP contribution in [0.4, 0.5) is 0 Å². The zero-order chi connectivity index (χ0) is 14.4. The first-order chi connectivity index (χ1) is 10.2. The van der Waals surface area contributed by atoms with Gasteiger partial charge >= 0.3 is 0 Å². The highest BCUT2D eigenvalue weighted by Crippen LogP contribution is 2.27. The quantitative estimate of drug-likeness (QED) is 0.643. The van der Waals surface area contributed by atoms with Crippen molar-refractivity contribution in [3.05, 3.63) is 60.8 Å². The van der Waals surface area contributed by atoms with Gasteiger partial charge in [-0.1, -0.05) is 67.7 Å². The molecular weight excluding hydrogens is 272 g/mol. The fourth-order valence-electron chi connectivity index (χ4n) is 3.15. The molecule has 3 aromatic rings. The Morgan fingerprint density at radius 2 is 1.52 bits per heavy atom. The predicted octanol–water partition coefficient (Wildman–Crippen LogP) is 2.95. The summed E-state index contributed by atoms with van der Waals surface area (Å²) in [6.45, 7) is 4.76. The zero-order valence-electron chi connectivity index (χ0n) is 12.2. The van der Waals surface area contributed by atoms with E-state index in [1.807, 2.05) is 18.2 Å². The third kappa shape index (κ3) is 1.78. The number of nitrogens with zero attached hydrogens (tertiary/aromatic N) is 2. The smallest absolute Gasteiger partial charge is 0.159 e. The van der Waals surface area contributed by atoms with Crippen LogP contribution in [0.15, 0.2) is 60.8 Å². The van der Waals surface area contributed by atoms with Gasteiger partial charge in [-0.15, -0.1) is 0 Å². The lowest BCUT2D eigenvalue weighted by Gasteiger charge is -2.17. The Morgan fingerprint density at radius 1 is 0.810 bits per heavy atom. The average molecular weight is 288 g/mol. The standard InChI is InChI=1S/C18H16N2Si/c1-21(2)15-11-7-6-10-14(15)17-16(21)12-19-18(20-17)13-8-4-3-5-9-13/h3-12H,1-2H3. The second-order valence-electron chi connectivity index (χ2n) is 5.99. The Bertz CT molecular complexity index is 826. The van der Waals surface area contributed by atoms with Crippen LogP contribution in [0.5, 0.6) is 0 Å². The van der Waals surface area contributed by atoms with Gasteiger partial charge < -0.3 is 0 Å². The Labute approximate surface area is 125 Å². The molecule has 0 N–H and O–H groups in total. The van der Waals surface area contributed by atoms with E-state index in [0.29, 0.717) is 0 Å². The lowest BCUT2D eigenvalue weighted by atomic mass is 10.1. The van der Waals surface area contributed by atoms with Crippen molar-refractivity contribution in [3.63, 3.8) is 0 Å². The first kappa shape index (κ1) is 12.5. The van der Waals surface area contributed by atoms with E-state index in [2.05, 4.69) is 60.7 Å². The van der Waals surface area contributed by atoms with Crippen molar-refractivity contribution in [2.75, 3.05) is 0 Å². The summed E-state index contributed by atoms with van der Waals surface area (Å²) in [4.78, 5) is 9.51. The predicted molar refractivity (Wildman–Crippen MR) is 89.7 cm³/mol. The minimum absolute atomic E-state index is 0.816. The lowest BCUT2D eigenvalue weighted by molar-refractivity contribution is 1.20. The normalized spacial score (nSPS) is 14.6. The molecule has 4 rings (SSSR count). The molecule has 0 spiro atoms. The molecule has 0 saturated heterocycles. The van der Waals surface area contributed by atoms with Crippen molar-refractivity contribution in [2.45, 2.75) is 13.1 Å². The van der Waals surface area contributed by atoms with Gasteiger partial charge in [-0.05, 0) is 15.9 Å². The van der Waals surface area contributed by atoms with Crippen molar-refractivity contribution < 1.29 is 0 Å². The molecule has 1 aromatic heterocycles. The summed E-state index contributed by atoms with van der Waals surface area (Å²) in [5.41, 5.74) is 3.50. The van der Waals surface area contributed by atoms with Crippen molar-refractivity contribution in [3.8, 4) is 22.6 Å². The van der Waals surface area contributed by atoms with Crippen LogP contribution in [0, 0.1) is 0 Å². The van der Waals surface area contributed by atoms with Crippen LogP contribution in [0.3, 0.4) is 0 Å². The van der Waals surface area contributed by atoms with E-state index < -0.39 is 8.07 Å². The van der Waals surface area contributed by atoms with Gasteiger partial charge in [0.25, 0.3) is 0 Å². The molecule has 1 aliphatic rings.